The number of nitriles is 1. The van der Waals surface area contributed by atoms with Crippen molar-refractivity contribution >= 4 is 11.4 Å². The Bertz CT molecular complexity index is 761. The normalized spacial score (nSPS) is 26.8. The van der Waals surface area contributed by atoms with E-state index in [1.807, 2.05) is 18.2 Å². The number of nitrogens with zero attached hydrogens (tertiary/aromatic N) is 3. The van der Waals surface area contributed by atoms with Crippen LogP contribution in [0, 0.1) is 17.2 Å². The Morgan fingerprint density at radius 2 is 2.14 bits per heavy atom. The summed E-state index contributed by atoms with van der Waals surface area (Å²) < 4.78 is 1.77. The van der Waals surface area contributed by atoms with Crippen molar-refractivity contribution < 1.29 is 4.79 Å². The maximum absolute atomic E-state index is 12.5. The van der Waals surface area contributed by atoms with E-state index >= 15 is 0 Å². The van der Waals surface area contributed by atoms with Crippen molar-refractivity contribution in [3.05, 3.63) is 41.7 Å². The van der Waals surface area contributed by atoms with Crippen LogP contribution in [0.3, 0.4) is 0 Å². The van der Waals surface area contributed by atoms with Gasteiger partial charge in [-0.1, -0.05) is 0 Å². The third-order valence-corrected chi connectivity index (χ3v) is 4.83. The van der Waals surface area contributed by atoms with Gasteiger partial charge in [-0.15, -0.1) is 0 Å². The van der Waals surface area contributed by atoms with E-state index in [0.717, 1.165) is 30.9 Å². The van der Waals surface area contributed by atoms with Gasteiger partial charge in [0.1, 0.15) is 11.8 Å². The fourth-order valence-corrected chi connectivity index (χ4v) is 3.76. The summed E-state index contributed by atoms with van der Waals surface area (Å²) in [5.41, 5.74) is 2.08. The highest BCUT2D eigenvalue weighted by molar-refractivity contribution is 5.94. The number of rotatable bonds is 2. The van der Waals surface area contributed by atoms with Crippen LogP contribution >= 0.6 is 0 Å². The van der Waals surface area contributed by atoms with Crippen LogP contribution < -0.4 is 5.32 Å². The molecule has 0 spiro atoms. The van der Waals surface area contributed by atoms with E-state index in [4.69, 9.17) is 5.26 Å². The highest BCUT2D eigenvalue weighted by Gasteiger charge is 2.32. The minimum atomic E-state index is -0.0491. The summed E-state index contributed by atoms with van der Waals surface area (Å²) >= 11 is 0. The van der Waals surface area contributed by atoms with Crippen LogP contribution in [0.1, 0.15) is 28.9 Å². The zero-order valence-electron chi connectivity index (χ0n) is 12.3. The quantitative estimate of drug-likeness (QED) is 0.916. The lowest BCUT2D eigenvalue weighted by Crippen LogP contribution is -2.47. The van der Waals surface area contributed by atoms with Crippen LogP contribution in [0.5, 0.6) is 0 Å². The second-order valence-electron chi connectivity index (χ2n) is 6.36. The average Bonchev–Trinajstić information content (AvgIpc) is 3.09. The molecule has 2 aliphatic heterocycles. The van der Waals surface area contributed by atoms with Crippen LogP contribution in [0.15, 0.2) is 30.5 Å². The van der Waals surface area contributed by atoms with Gasteiger partial charge in [0.2, 0.25) is 0 Å². The Morgan fingerprint density at radius 3 is 2.95 bits per heavy atom. The second kappa shape index (κ2) is 5.15. The first-order valence-corrected chi connectivity index (χ1v) is 7.77. The Labute approximate surface area is 129 Å². The van der Waals surface area contributed by atoms with Crippen molar-refractivity contribution in [3.8, 4) is 6.07 Å². The monoisotopic (exact) mass is 294 g/mol. The molecule has 0 saturated carbocycles. The van der Waals surface area contributed by atoms with Gasteiger partial charge in [-0.25, -0.2) is 0 Å². The van der Waals surface area contributed by atoms with Gasteiger partial charge in [-0.05, 0) is 49.6 Å². The molecule has 1 unspecified atom stereocenters. The minimum Gasteiger partial charge on any atom is -0.348 e. The largest absolute Gasteiger partial charge is 0.348 e. The third kappa shape index (κ3) is 2.26. The van der Waals surface area contributed by atoms with Gasteiger partial charge in [0.15, 0.2) is 0 Å². The first-order chi connectivity index (χ1) is 10.7. The number of hydrogen-bond acceptors (Lipinski definition) is 3. The fourth-order valence-electron chi connectivity index (χ4n) is 3.76. The molecule has 2 aromatic rings. The number of hydrogen-bond donors (Lipinski definition) is 1. The molecule has 0 aromatic carbocycles. The van der Waals surface area contributed by atoms with E-state index in [9.17, 15) is 4.79 Å². The van der Waals surface area contributed by atoms with E-state index in [0.29, 0.717) is 11.3 Å². The summed E-state index contributed by atoms with van der Waals surface area (Å²) in [5.74, 6) is 0.683. The standard InChI is InChI=1S/C17H18N4O/c18-8-16-4-3-15-2-1-13(10-21(15)16)17(22)19-14-7-12-5-6-20(9-12)11-14/h1-4,10,12,14H,5-7,9,11H2,(H,19,22)/t12-,14+/m0/s1. The Balaban J connectivity index is 1.54. The highest BCUT2D eigenvalue weighted by Crippen LogP contribution is 2.26. The van der Waals surface area contributed by atoms with Crippen LogP contribution in [0.25, 0.3) is 5.52 Å². The SMILES string of the molecule is N#Cc1ccc2ccc(C(=O)N[C@@H]3C[C@@H]4CCN(C4)C3)cn12. The lowest BCUT2D eigenvalue weighted by Gasteiger charge is -2.30. The maximum atomic E-state index is 12.5. The van der Waals surface area contributed by atoms with Crippen LogP contribution in [0.2, 0.25) is 0 Å². The first-order valence-electron chi connectivity index (χ1n) is 7.77. The predicted molar refractivity (Wildman–Crippen MR) is 82.5 cm³/mol. The predicted octanol–water partition coefficient (Wildman–Crippen LogP) is 1.63. The summed E-state index contributed by atoms with van der Waals surface area (Å²) in [6.45, 7) is 3.31. The fraction of sp³-hybridized carbons (Fsp3) is 0.412. The number of nitrogens with one attached hydrogen (secondary N) is 1. The lowest BCUT2D eigenvalue weighted by atomic mass is 9.96. The molecule has 5 nitrogen and oxygen atoms in total. The molecule has 2 saturated heterocycles. The number of carbonyl (C=O) groups is 1. The van der Waals surface area contributed by atoms with E-state index < -0.39 is 0 Å². The van der Waals surface area contributed by atoms with E-state index in [2.05, 4.69) is 16.3 Å². The smallest absolute Gasteiger partial charge is 0.253 e. The highest BCUT2D eigenvalue weighted by atomic mass is 16.1. The molecule has 5 heteroatoms. The van der Waals surface area contributed by atoms with Crippen molar-refractivity contribution in [1.29, 1.82) is 5.26 Å². The molecule has 0 aliphatic carbocycles. The van der Waals surface area contributed by atoms with Crippen molar-refractivity contribution in [3.63, 3.8) is 0 Å². The van der Waals surface area contributed by atoms with E-state index in [1.165, 1.54) is 13.0 Å². The number of carbonyl (C=O) groups excluding carboxylic acids is 1. The number of aromatic nitrogens is 1. The van der Waals surface area contributed by atoms with E-state index in [-0.39, 0.29) is 11.9 Å². The van der Waals surface area contributed by atoms with Crippen LogP contribution in [-0.2, 0) is 0 Å². The topological polar surface area (TPSA) is 60.5 Å². The van der Waals surface area contributed by atoms with Gasteiger partial charge < -0.3 is 14.6 Å². The molecule has 0 radical (unpaired) electrons. The number of pyridine rings is 1. The molecule has 4 heterocycles. The zero-order valence-corrected chi connectivity index (χ0v) is 12.3. The third-order valence-electron chi connectivity index (χ3n) is 4.83. The molecule has 22 heavy (non-hydrogen) atoms. The molecule has 2 fully saturated rings. The molecule has 2 aromatic heterocycles. The zero-order chi connectivity index (χ0) is 15.1. The maximum Gasteiger partial charge on any atom is 0.253 e. The van der Waals surface area contributed by atoms with E-state index in [1.54, 1.807) is 16.7 Å². The van der Waals surface area contributed by atoms with Gasteiger partial charge in [0.05, 0.1) is 5.56 Å². The Morgan fingerprint density at radius 1 is 1.27 bits per heavy atom. The molecular formula is C17H18N4O. The summed E-state index contributed by atoms with van der Waals surface area (Å²) in [7, 11) is 0. The van der Waals surface area contributed by atoms with Crippen molar-refractivity contribution in [2.45, 2.75) is 18.9 Å². The molecule has 2 bridgehead atoms. The molecule has 3 atom stereocenters. The summed E-state index contributed by atoms with van der Waals surface area (Å²) in [4.78, 5) is 14.9. The van der Waals surface area contributed by atoms with Gasteiger partial charge in [-0.2, -0.15) is 5.26 Å². The molecule has 1 N–H and O–H groups in total. The second-order valence-corrected chi connectivity index (χ2v) is 6.36. The molecule has 2 aliphatic rings. The van der Waals surface area contributed by atoms with Gasteiger partial charge in [0.25, 0.3) is 5.91 Å². The van der Waals surface area contributed by atoms with Crippen LogP contribution in [-0.4, -0.2) is 40.9 Å². The molecule has 4 rings (SSSR count). The van der Waals surface area contributed by atoms with Crippen molar-refractivity contribution in [2.75, 3.05) is 19.6 Å². The average molecular weight is 294 g/mol. The Kier molecular flexibility index (Phi) is 3.12. The number of piperidine rings is 1. The lowest BCUT2D eigenvalue weighted by molar-refractivity contribution is 0.0909. The van der Waals surface area contributed by atoms with Crippen molar-refractivity contribution in [1.82, 2.24) is 14.6 Å². The first kappa shape index (κ1) is 13.4. The van der Waals surface area contributed by atoms with Crippen LogP contribution in [0.4, 0.5) is 0 Å². The summed E-state index contributed by atoms with van der Waals surface area (Å²) in [5, 5.41) is 12.3. The summed E-state index contributed by atoms with van der Waals surface area (Å²) in [6.07, 6.45) is 4.09. The number of fused-ring (bicyclic) bond motifs is 3. The van der Waals surface area contributed by atoms with Crippen molar-refractivity contribution in [2.24, 2.45) is 5.92 Å². The van der Waals surface area contributed by atoms with Gasteiger partial charge in [-0.3, -0.25) is 4.79 Å². The van der Waals surface area contributed by atoms with Gasteiger partial charge >= 0.3 is 0 Å². The minimum absolute atomic E-state index is 0.0491. The Hall–Kier alpha value is -2.32. The van der Waals surface area contributed by atoms with Gasteiger partial charge in [0, 0.05) is 30.8 Å². The molecular weight excluding hydrogens is 276 g/mol. The number of amides is 1. The molecule has 1 amide bonds. The summed E-state index contributed by atoms with van der Waals surface area (Å²) in [6, 6.07) is 9.73. The molecule has 112 valence electrons.